The summed E-state index contributed by atoms with van der Waals surface area (Å²) in [5.41, 5.74) is 10.0. The molecule has 4 rings (SSSR count). The molecular weight excluding hydrogens is 430 g/mol. The molecule has 1 aromatic heterocycles. The van der Waals surface area contributed by atoms with Gasteiger partial charge in [-0.2, -0.15) is 10.4 Å². The Morgan fingerprint density at radius 2 is 2.12 bits per heavy atom. The van der Waals surface area contributed by atoms with Crippen molar-refractivity contribution in [2.75, 3.05) is 38.8 Å². The minimum Gasteiger partial charge on any atom is -0.491 e. The number of methoxy groups -OCH3 is 1. The maximum atomic E-state index is 9.84. The van der Waals surface area contributed by atoms with Crippen molar-refractivity contribution in [3.05, 3.63) is 33.5 Å². The fraction of sp³-hybridized carbons (Fsp3) is 0.500. The number of nitriles is 1. The number of benzene rings is 1. The van der Waals surface area contributed by atoms with Crippen LogP contribution in [-0.2, 0) is 4.74 Å². The summed E-state index contributed by atoms with van der Waals surface area (Å²) in [6.45, 7) is 7.66. The summed E-state index contributed by atoms with van der Waals surface area (Å²) >= 11 is 6.60. The molecule has 2 N–H and O–H groups in total. The van der Waals surface area contributed by atoms with E-state index in [1.165, 1.54) is 0 Å². The Morgan fingerprint density at radius 1 is 1.41 bits per heavy atom. The van der Waals surface area contributed by atoms with E-state index < -0.39 is 0 Å². The van der Waals surface area contributed by atoms with Crippen LogP contribution in [0, 0.1) is 18.3 Å². The number of nitrogens with two attached hydrogens (primary N) is 1. The molecule has 0 bridgehead atoms. The van der Waals surface area contributed by atoms with Crippen LogP contribution in [0.5, 0.6) is 5.75 Å². The van der Waals surface area contributed by atoms with Gasteiger partial charge in [-0.15, -0.1) is 0 Å². The van der Waals surface area contributed by atoms with E-state index in [9.17, 15) is 5.26 Å². The Balaban J connectivity index is 1.86. The van der Waals surface area contributed by atoms with Crippen LogP contribution in [0.4, 0.5) is 11.5 Å². The zero-order chi connectivity index (χ0) is 23.2. The van der Waals surface area contributed by atoms with Crippen LogP contribution in [0.1, 0.15) is 48.4 Å². The number of hydrogen-bond acceptors (Lipinski definition) is 8. The molecule has 170 valence electrons. The zero-order valence-corrected chi connectivity index (χ0v) is 19.7. The molecular formula is C22H28ClN7O2. The molecule has 1 aromatic carbocycles. The lowest BCUT2D eigenvalue weighted by molar-refractivity contribution is 0.0783. The van der Waals surface area contributed by atoms with E-state index in [0.29, 0.717) is 47.5 Å². The second-order valence-electron chi connectivity index (χ2n) is 8.11. The number of aryl methyl sites for hydroxylation is 1. The second-order valence-corrected chi connectivity index (χ2v) is 8.51. The smallest absolute Gasteiger partial charge is 0.159 e. The summed E-state index contributed by atoms with van der Waals surface area (Å²) in [7, 11) is 3.57. The van der Waals surface area contributed by atoms with Gasteiger partial charge in [0.05, 0.1) is 52.6 Å². The number of aromatic nitrogens is 2. The minimum atomic E-state index is -0.318. The lowest BCUT2D eigenvalue weighted by Gasteiger charge is -2.41. The Hall–Kier alpha value is -2.80. The van der Waals surface area contributed by atoms with E-state index in [1.807, 2.05) is 37.4 Å². The molecule has 2 aromatic rings. The summed E-state index contributed by atoms with van der Waals surface area (Å²) in [6.07, 6.45) is 1.51. The number of fused-ring (bicyclic) bond motifs is 1. The first-order valence-electron chi connectivity index (χ1n) is 10.6. The van der Waals surface area contributed by atoms with Crippen molar-refractivity contribution in [1.82, 2.24) is 14.7 Å². The summed E-state index contributed by atoms with van der Waals surface area (Å²) in [5, 5.41) is 15.0. The molecule has 1 fully saturated rings. The fourth-order valence-electron chi connectivity index (χ4n) is 4.27. The first kappa shape index (κ1) is 22.4. The Kier molecular flexibility index (Phi) is 6.03. The van der Waals surface area contributed by atoms with Crippen LogP contribution in [0.3, 0.4) is 0 Å². The van der Waals surface area contributed by atoms with Gasteiger partial charge in [0.2, 0.25) is 0 Å². The molecule has 0 spiro atoms. The monoisotopic (exact) mass is 457 g/mol. The van der Waals surface area contributed by atoms with Crippen molar-refractivity contribution in [1.29, 1.82) is 5.26 Å². The van der Waals surface area contributed by atoms with Crippen molar-refractivity contribution in [2.24, 2.45) is 10.7 Å². The van der Waals surface area contributed by atoms with Gasteiger partial charge < -0.3 is 25.0 Å². The number of anilines is 1. The van der Waals surface area contributed by atoms with Gasteiger partial charge in [0.1, 0.15) is 18.0 Å². The molecule has 2 aliphatic rings. The highest BCUT2D eigenvalue weighted by molar-refractivity contribution is 6.32. The van der Waals surface area contributed by atoms with Crippen LogP contribution in [0.2, 0.25) is 5.02 Å². The molecule has 0 amide bonds. The van der Waals surface area contributed by atoms with Crippen LogP contribution < -0.4 is 15.4 Å². The first-order chi connectivity index (χ1) is 15.3. The summed E-state index contributed by atoms with van der Waals surface area (Å²) in [4.78, 5) is 8.53. The molecule has 1 saturated heterocycles. The molecule has 2 atom stereocenters. The average molecular weight is 458 g/mol. The predicted molar refractivity (Wildman–Crippen MR) is 124 cm³/mol. The van der Waals surface area contributed by atoms with Crippen molar-refractivity contribution in [2.45, 2.75) is 39.1 Å². The Labute approximate surface area is 193 Å². The summed E-state index contributed by atoms with van der Waals surface area (Å²) in [5.74, 6) is 1.35. The summed E-state index contributed by atoms with van der Waals surface area (Å²) in [6, 6.07) is 3.80. The maximum Gasteiger partial charge on any atom is 0.159 e. The molecule has 0 saturated carbocycles. The topological polar surface area (TPSA) is 105 Å². The third-order valence-corrected chi connectivity index (χ3v) is 6.45. The van der Waals surface area contributed by atoms with E-state index in [0.717, 1.165) is 16.8 Å². The number of ether oxygens (including phenoxy) is 2. The Bertz CT molecular complexity index is 1100. The van der Waals surface area contributed by atoms with Gasteiger partial charge in [-0.1, -0.05) is 11.6 Å². The molecule has 2 unspecified atom stereocenters. The molecule has 0 radical (unpaired) electrons. The molecule has 2 aliphatic heterocycles. The first-order valence-corrected chi connectivity index (χ1v) is 11.0. The number of halogens is 1. The SMILES string of the molecule is CCOc1c(C(C)n2nc(C)c3c2N=CN(C)C3N)cc(Cl)c(C#N)c1N1CC(OC)C1. The quantitative estimate of drug-likeness (QED) is 0.710. The van der Waals surface area contributed by atoms with Gasteiger partial charge in [-0.05, 0) is 26.8 Å². The van der Waals surface area contributed by atoms with Crippen LogP contribution in [0.15, 0.2) is 11.1 Å². The van der Waals surface area contributed by atoms with Gasteiger partial charge in [0.25, 0.3) is 0 Å². The van der Waals surface area contributed by atoms with Crippen molar-refractivity contribution in [3.63, 3.8) is 0 Å². The predicted octanol–water partition coefficient (Wildman–Crippen LogP) is 3.12. The van der Waals surface area contributed by atoms with Gasteiger partial charge >= 0.3 is 0 Å². The standard InChI is InChI=1S/C22H28ClN7O2/c1-6-32-20-15(7-17(23)16(8-24)19(20)29-9-14(10-29)31-5)13(3)30-22-18(12(2)27-30)21(25)28(4)11-26-22/h7,11,13-14,21H,6,9-10,25H2,1-5H3. The number of rotatable bonds is 6. The van der Waals surface area contributed by atoms with E-state index in [2.05, 4.69) is 16.0 Å². The highest BCUT2D eigenvalue weighted by Crippen LogP contribution is 2.46. The van der Waals surface area contributed by atoms with Gasteiger partial charge in [-0.25, -0.2) is 9.67 Å². The van der Waals surface area contributed by atoms with Crippen LogP contribution >= 0.6 is 11.6 Å². The van der Waals surface area contributed by atoms with E-state index in [1.54, 1.807) is 19.5 Å². The number of nitrogens with zero attached hydrogens (tertiary/aromatic N) is 6. The lowest BCUT2D eigenvalue weighted by atomic mass is 9.99. The molecule has 32 heavy (non-hydrogen) atoms. The number of aliphatic imine (C=N–C) groups is 1. The zero-order valence-electron chi connectivity index (χ0n) is 19.0. The Morgan fingerprint density at radius 3 is 2.75 bits per heavy atom. The average Bonchev–Trinajstić information content (AvgIpc) is 3.08. The molecule has 3 heterocycles. The number of hydrogen-bond donors (Lipinski definition) is 1. The minimum absolute atomic E-state index is 0.115. The van der Waals surface area contributed by atoms with E-state index in [4.69, 9.17) is 31.9 Å². The second kappa shape index (κ2) is 8.62. The molecule has 9 nitrogen and oxygen atoms in total. The molecule has 10 heteroatoms. The summed E-state index contributed by atoms with van der Waals surface area (Å²) < 4.78 is 13.4. The van der Waals surface area contributed by atoms with Gasteiger partial charge in [-0.3, -0.25) is 0 Å². The van der Waals surface area contributed by atoms with Crippen molar-refractivity contribution >= 4 is 29.4 Å². The largest absolute Gasteiger partial charge is 0.491 e. The van der Waals surface area contributed by atoms with Crippen LogP contribution in [0.25, 0.3) is 0 Å². The highest BCUT2D eigenvalue weighted by atomic mass is 35.5. The third kappa shape index (κ3) is 3.48. The third-order valence-electron chi connectivity index (χ3n) is 6.15. The fourth-order valence-corrected chi connectivity index (χ4v) is 4.52. The van der Waals surface area contributed by atoms with Gasteiger partial charge in [0, 0.05) is 32.8 Å². The maximum absolute atomic E-state index is 9.84. The molecule has 0 aliphatic carbocycles. The van der Waals surface area contributed by atoms with E-state index in [-0.39, 0.29) is 18.3 Å². The lowest BCUT2D eigenvalue weighted by Crippen LogP contribution is -2.52. The van der Waals surface area contributed by atoms with E-state index >= 15 is 0 Å². The van der Waals surface area contributed by atoms with Crippen molar-refractivity contribution in [3.8, 4) is 11.8 Å². The van der Waals surface area contributed by atoms with Gasteiger partial charge in [0.15, 0.2) is 5.82 Å². The van der Waals surface area contributed by atoms with Crippen molar-refractivity contribution < 1.29 is 9.47 Å². The van der Waals surface area contributed by atoms with Crippen LogP contribution in [-0.4, -0.2) is 61.0 Å². The highest BCUT2D eigenvalue weighted by Gasteiger charge is 2.35. The normalized spacial score (nSPS) is 18.9.